The normalized spacial score (nSPS) is 22.6. The van der Waals surface area contributed by atoms with E-state index < -0.39 is 46.4 Å². The van der Waals surface area contributed by atoms with Gasteiger partial charge in [0.15, 0.2) is 0 Å². The average Bonchev–Trinajstić information content (AvgIpc) is 3.66. The number of aliphatic hydroxyl groups is 2. The Bertz CT molecular complexity index is 1850. The predicted molar refractivity (Wildman–Crippen MR) is 168 cm³/mol. The summed E-state index contributed by atoms with van der Waals surface area (Å²) in [6.45, 7) is 3.59. The zero-order valence-electron chi connectivity index (χ0n) is 25.1. The number of nitrogens with one attached hydrogen (secondary N) is 2. The van der Waals surface area contributed by atoms with Crippen molar-refractivity contribution in [3.05, 3.63) is 53.5 Å². The fourth-order valence-electron chi connectivity index (χ4n) is 5.87. The van der Waals surface area contributed by atoms with Gasteiger partial charge in [-0.25, -0.2) is 18.4 Å². The molecule has 3 aromatic heterocycles. The van der Waals surface area contributed by atoms with Crippen LogP contribution in [0.1, 0.15) is 55.1 Å². The minimum absolute atomic E-state index is 0.180. The van der Waals surface area contributed by atoms with Gasteiger partial charge in [-0.2, -0.15) is 4.98 Å². The zero-order chi connectivity index (χ0) is 33.0. The third-order valence-corrected chi connectivity index (χ3v) is 10.3. The summed E-state index contributed by atoms with van der Waals surface area (Å²) in [6, 6.07) is 6.21. The second-order valence-corrected chi connectivity index (χ2v) is 15.2. The second-order valence-electron chi connectivity index (χ2n) is 12.0. The second kappa shape index (κ2) is 12.2. The first-order chi connectivity index (χ1) is 21.6. The molecule has 0 spiro atoms. The first kappa shape index (κ1) is 32.3. The molecule has 4 aromatic rings. The van der Waals surface area contributed by atoms with Gasteiger partial charge in [0.1, 0.15) is 38.0 Å². The molecule has 3 heterocycles. The molecule has 4 N–H and O–H groups in total. The van der Waals surface area contributed by atoms with Gasteiger partial charge in [0.2, 0.25) is 5.95 Å². The number of halogens is 3. The van der Waals surface area contributed by atoms with Crippen LogP contribution in [0.5, 0.6) is 5.75 Å². The summed E-state index contributed by atoms with van der Waals surface area (Å²) >= 11 is 1.45. The van der Waals surface area contributed by atoms with E-state index in [9.17, 15) is 31.8 Å². The third kappa shape index (κ3) is 7.19. The van der Waals surface area contributed by atoms with Crippen LogP contribution in [0.4, 0.5) is 24.9 Å². The predicted octanol–water partition coefficient (Wildman–Crippen LogP) is 4.97. The zero-order valence-corrected chi connectivity index (χ0v) is 26.7. The lowest BCUT2D eigenvalue weighted by Crippen LogP contribution is -2.36. The van der Waals surface area contributed by atoms with Crippen LogP contribution in [0, 0.1) is 12.8 Å². The maximum absolute atomic E-state index is 12.6. The van der Waals surface area contributed by atoms with Gasteiger partial charge in [-0.05, 0) is 56.9 Å². The van der Waals surface area contributed by atoms with Gasteiger partial charge in [-0.1, -0.05) is 12.1 Å². The first-order valence-corrected chi connectivity index (χ1v) is 17.6. The van der Waals surface area contributed by atoms with Crippen molar-refractivity contribution >= 4 is 43.2 Å². The number of rotatable bonds is 10. The molecule has 1 aromatic carbocycles. The Balaban J connectivity index is 1.34. The molecule has 46 heavy (non-hydrogen) atoms. The highest BCUT2D eigenvalue weighted by Crippen LogP contribution is 2.45. The molecule has 0 unspecified atom stereocenters. The largest absolute Gasteiger partial charge is 0.573 e. The van der Waals surface area contributed by atoms with E-state index in [-0.39, 0.29) is 23.9 Å². The van der Waals surface area contributed by atoms with Crippen molar-refractivity contribution in [1.29, 1.82) is 0 Å². The van der Waals surface area contributed by atoms with Gasteiger partial charge in [0.25, 0.3) is 0 Å². The number of pyridine rings is 1. The Morgan fingerprint density at radius 3 is 2.46 bits per heavy atom. The molecule has 16 heteroatoms. The molecule has 6 rings (SSSR count). The van der Waals surface area contributed by atoms with Crippen LogP contribution in [0.2, 0.25) is 0 Å². The number of benzene rings is 1. The van der Waals surface area contributed by atoms with Gasteiger partial charge >= 0.3 is 6.36 Å². The molecule has 2 aliphatic carbocycles. The van der Waals surface area contributed by atoms with E-state index in [0.29, 0.717) is 33.6 Å². The Kier molecular flexibility index (Phi) is 8.58. The number of fused-ring (bicyclic) bond motifs is 1. The maximum atomic E-state index is 12.6. The first-order valence-electron chi connectivity index (χ1n) is 14.7. The average molecular weight is 679 g/mol. The van der Waals surface area contributed by atoms with Gasteiger partial charge in [-0.15, -0.1) is 24.5 Å². The highest BCUT2D eigenvalue weighted by atomic mass is 32.2. The monoisotopic (exact) mass is 678 g/mol. The van der Waals surface area contributed by atoms with Crippen LogP contribution >= 0.6 is 11.3 Å². The Labute approximate surface area is 267 Å². The topological polar surface area (TPSA) is 159 Å². The van der Waals surface area contributed by atoms with Crippen molar-refractivity contribution < 1.29 is 36.5 Å². The number of aromatic nitrogens is 4. The van der Waals surface area contributed by atoms with E-state index in [1.807, 2.05) is 6.07 Å². The standard InChI is InChI=1S/C30H33F3N6O5S2/c1-14(16-6-8-19(9-7-16)44-30(31,32)33)35-29-36-15(2)22(28-38-24-21(45-28)10-11-34-23(24)17-4-5-17)27(39-29)37-20-12-18(13-46(3,42)43)25(40)26(20)41/h6-11,14,17-18,20,25-26,40-41H,4-5,12-13H2,1-3H3,(H2,35,36,37,39)/t14-,18-,20-,25-,26+/m1/s1. The van der Waals surface area contributed by atoms with Crippen molar-refractivity contribution in [3.8, 4) is 16.3 Å². The van der Waals surface area contributed by atoms with Crippen molar-refractivity contribution in [2.75, 3.05) is 22.6 Å². The number of sulfone groups is 1. The van der Waals surface area contributed by atoms with Gasteiger partial charge < -0.3 is 25.6 Å². The fraction of sp³-hybridized carbons (Fsp3) is 0.467. The van der Waals surface area contributed by atoms with Crippen LogP contribution in [0.3, 0.4) is 0 Å². The summed E-state index contributed by atoms with van der Waals surface area (Å²) in [6.07, 6.45) is -2.16. The van der Waals surface area contributed by atoms with E-state index in [1.54, 1.807) is 20.0 Å². The van der Waals surface area contributed by atoms with Gasteiger partial charge in [-0.3, -0.25) is 4.98 Å². The molecule has 2 aliphatic rings. The number of aliphatic hydroxyl groups excluding tert-OH is 2. The molecule has 11 nitrogen and oxygen atoms in total. The summed E-state index contributed by atoms with van der Waals surface area (Å²) < 4.78 is 66.7. The number of aryl methyl sites for hydroxylation is 1. The minimum atomic E-state index is -4.80. The lowest BCUT2D eigenvalue weighted by molar-refractivity contribution is -0.274. The molecular formula is C30H33F3N6O5S2. The van der Waals surface area contributed by atoms with Gasteiger partial charge in [0, 0.05) is 24.3 Å². The summed E-state index contributed by atoms with van der Waals surface area (Å²) in [5.41, 5.74) is 3.56. The number of anilines is 2. The van der Waals surface area contributed by atoms with E-state index in [2.05, 4.69) is 25.3 Å². The Morgan fingerprint density at radius 1 is 1.09 bits per heavy atom. The molecule has 0 bridgehead atoms. The Hall–Kier alpha value is -3.60. The number of ether oxygens (including phenoxy) is 1. The summed E-state index contributed by atoms with van der Waals surface area (Å²) in [7, 11) is -3.41. The number of hydrogen-bond acceptors (Lipinski definition) is 12. The van der Waals surface area contributed by atoms with Crippen molar-refractivity contribution in [2.24, 2.45) is 5.92 Å². The van der Waals surface area contributed by atoms with Crippen molar-refractivity contribution in [1.82, 2.24) is 19.9 Å². The number of alkyl halides is 3. The summed E-state index contributed by atoms with van der Waals surface area (Å²) in [5.74, 6) is -0.386. The molecule has 246 valence electrons. The lowest BCUT2D eigenvalue weighted by Gasteiger charge is -2.22. The SMILES string of the molecule is Cc1nc(N[C@H](C)c2ccc(OC(F)(F)F)cc2)nc(N[C@@H]2C[C@H](CS(C)(=O)=O)[C@@H](O)[C@H]2O)c1-c1nc2c(C3CC3)nccc2s1. The highest BCUT2D eigenvalue weighted by molar-refractivity contribution is 7.90. The number of nitrogens with zero attached hydrogens (tertiary/aromatic N) is 4. The maximum Gasteiger partial charge on any atom is 0.573 e. The van der Waals surface area contributed by atoms with E-state index in [1.165, 1.54) is 35.6 Å². The smallest absolute Gasteiger partial charge is 0.406 e. The number of hydrogen-bond donors (Lipinski definition) is 4. The van der Waals surface area contributed by atoms with Crippen LogP contribution in [-0.4, -0.2) is 75.2 Å². The van der Waals surface area contributed by atoms with Crippen LogP contribution in [-0.2, 0) is 9.84 Å². The lowest BCUT2D eigenvalue weighted by atomic mass is 10.1. The summed E-state index contributed by atoms with van der Waals surface area (Å²) in [4.78, 5) is 18.9. The molecule has 2 saturated carbocycles. The highest BCUT2D eigenvalue weighted by Gasteiger charge is 2.43. The molecule has 5 atom stereocenters. The van der Waals surface area contributed by atoms with Gasteiger partial charge in [0.05, 0.1) is 45.6 Å². The molecular weight excluding hydrogens is 645 g/mol. The molecule has 2 fully saturated rings. The van der Waals surface area contributed by atoms with E-state index in [0.717, 1.165) is 35.0 Å². The minimum Gasteiger partial charge on any atom is -0.406 e. The van der Waals surface area contributed by atoms with E-state index in [4.69, 9.17) is 9.97 Å². The molecule has 0 saturated heterocycles. The van der Waals surface area contributed by atoms with Crippen LogP contribution in [0.15, 0.2) is 36.5 Å². The third-order valence-electron chi connectivity index (χ3n) is 8.20. The molecule has 0 radical (unpaired) electrons. The van der Waals surface area contributed by atoms with Crippen molar-refractivity contribution in [2.45, 2.75) is 69.7 Å². The van der Waals surface area contributed by atoms with Crippen molar-refractivity contribution in [3.63, 3.8) is 0 Å². The molecule has 0 amide bonds. The quantitative estimate of drug-likeness (QED) is 0.179. The van der Waals surface area contributed by atoms with E-state index >= 15 is 0 Å². The van der Waals surface area contributed by atoms with Crippen LogP contribution < -0.4 is 15.4 Å². The fourth-order valence-corrected chi connectivity index (χ4v) is 8.05. The summed E-state index contributed by atoms with van der Waals surface area (Å²) in [5, 5.41) is 28.7. The number of thiazole rings is 1. The van der Waals surface area contributed by atoms with Crippen LogP contribution in [0.25, 0.3) is 20.8 Å². The Morgan fingerprint density at radius 2 is 1.80 bits per heavy atom. The molecule has 0 aliphatic heterocycles.